The van der Waals surface area contributed by atoms with Crippen LogP contribution < -0.4 is 5.32 Å². The molecule has 0 saturated carbocycles. The Bertz CT molecular complexity index is 892. The molecule has 1 aromatic carbocycles. The number of aromatic amines is 1. The molecule has 3 heterocycles. The van der Waals surface area contributed by atoms with Crippen molar-refractivity contribution < 1.29 is 14.3 Å². The van der Waals surface area contributed by atoms with Crippen LogP contribution in [-0.4, -0.2) is 86.5 Å². The number of morpholine rings is 1. The molecule has 2 N–H and O–H groups in total. The fraction of sp³-hybridized carbons (Fsp3) is 0.609. The monoisotopic (exact) mass is 412 g/mol. The number of nitrogens with zero attached hydrogens (tertiary/aromatic N) is 2. The van der Waals surface area contributed by atoms with E-state index in [-0.39, 0.29) is 6.09 Å². The van der Waals surface area contributed by atoms with Crippen LogP contribution >= 0.6 is 0 Å². The van der Waals surface area contributed by atoms with Gasteiger partial charge in [-0.1, -0.05) is 12.1 Å². The Hall–Kier alpha value is -2.09. The molecular weight excluding hydrogens is 380 g/mol. The highest BCUT2D eigenvalue weighted by Gasteiger charge is 2.39. The zero-order valence-corrected chi connectivity index (χ0v) is 17.7. The lowest BCUT2D eigenvalue weighted by Gasteiger charge is -2.45. The lowest BCUT2D eigenvalue weighted by Crippen LogP contribution is -2.49. The number of fused-ring (bicyclic) bond motifs is 2. The second-order valence-electron chi connectivity index (χ2n) is 8.98. The average Bonchev–Trinajstić information content (AvgIpc) is 3.18. The smallest absolute Gasteiger partial charge is 0.407 e. The van der Waals surface area contributed by atoms with E-state index in [2.05, 4.69) is 51.5 Å². The van der Waals surface area contributed by atoms with Crippen LogP contribution in [0.2, 0.25) is 0 Å². The van der Waals surface area contributed by atoms with Gasteiger partial charge >= 0.3 is 6.09 Å². The number of piperidine rings is 1. The van der Waals surface area contributed by atoms with Gasteiger partial charge in [-0.15, -0.1) is 0 Å². The summed E-state index contributed by atoms with van der Waals surface area (Å²) in [4.78, 5) is 20.4. The lowest BCUT2D eigenvalue weighted by atomic mass is 9.72. The molecule has 0 radical (unpaired) electrons. The van der Waals surface area contributed by atoms with Crippen molar-refractivity contribution in [2.24, 2.45) is 5.92 Å². The minimum atomic E-state index is -0.299. The van der Waals surface area contributed by atoms with E-state index in [4.69, 9.17) is 9.47 Å². The topological polar surface area (TPSA) is 69.8 Å². The van der Waals surface area contributed by atoms with Gasteiger partial charge in [-0.2, -0.15) is 0 Å². The van der Waals surface area contributed by atoms with E-state index in [1.807, 2.05) is 0 Å². The van der Waals surface area contributed by atoms with Crippen molar-refractivity contribution in [3.8, 4) is 0 Å². The van der Waals surface area contributed by atoms with E-state index in [0.29, 0.717) is 31.0 Å². The molecule has 5 rings (SSSR count). The number of carbonyl (C=O) groups excluding carboxylic acids is 1. The zero-order chi connectivity index (χ0) is 20.5. The van der Waals surface area contributed by atoms with Crippen molar-refractivity contribution in [1.29, 1.82) is 0 Å². The summed E-state index contributed by atoms with van der Waals surface area (Å²) in [5.41, 5.74) is 4.12. The molecule has 2 aromatic rings. The average molecular weight is 413 g/mol. The molecule has 0 unspecified atom stereocenters. The predicted octanol–water partition coefficient (Wildman–Crippen LogP) is 2.19. The molecule has 2 fully saturated rings. The lowest BCUT2D eigenvalue weighted by molar-refractivity contribution is 0.0375. The van der Waals surface area contributed by atoms with Crippen molar-refractivity contribution in [3.05, 3.63) is 35.5 Å². The van der Waals surface area contributed by atoms with Crippen molar-refractivity contribution in [1.82, 2.24) is 20.1 Å². The van der Waals surface area contributed by atoms with Crippen LogP contribution in [0, 0.1) is 5.92 Å². The number of benzene rings is 1. The normalized spacial score (nSPS) is 27.0. The summed E-state index contributed by atoms with van der Waals surface area (Å²) >= 11 is 0. The number of carbonyl (C=O) groups is 1. The van der Waals surface area contributed by atoms with Crippen LogP contribution in [0.25, 0.3) is 10.9 Å². The standard InChI is InChI=1S/C23H32N4O3/c1-26-14-16(15-30-23(28)24-5-6-27-7-9-29-10-8-27)11-19-18-3-2-4-20-22(18)17(13-25-20)12-21(19)26/h2-4,13,16,19,21,25H,5-12,14-15H2,1H3,(H,24,28)/t16-,19-,21-/m1/s1. The predicted molar refractivity (Wildman–Crippen MR) is 116 cm³/mol. The molecule has 30 heavy (non-hydrogen) atoms. The van der Waals surface area contributed by atoms with Crippen LogP contribution in [-0.2, 0) is 15.9 Å². The van der Waals surface area contributed by atoms with Crippen LogP contribution in [0.4, 0.5) is 4.79 Å². The first-order valence-corrected chi connectivity index (χ1v) is 11.2. The van der Waals surface area contributed by atoms with Crippen molar-refractivity contribution in [2.45, 2.75) is 24.8 Å². The fourth-order valence-electron chi connectivity index (χ4n) is 5.56. The number of nitrogens with one attached hydrogen (secondary N) is 2. The van der Waals surface area contributed by atoms with Gasteiger partial charge in [0.05, 0.1) is 19.8 Å². The zero-order valence-electron chi connectivity index (χ0n) is 17.7. The Morgan fingerprint density at radius 2 is 2.20 bits per heavy atom. The number of likely N-dealkylation sites (N-methyl/N-ethyl adjacent to an activating group) is 1. The number of rotatable bonds is 5. The maximum Gasteiger partial charge on any atom is 0.407 e. The second-order valence-corrected chi connectivity index (χ2v) is 8.98. The molecule has 162 valence electrons. The number of hydrogen-bond donors (Lipinski definition) is 2. The fourth-order valence-corrected chi connectivity index (χ4v) is 5.56. The van der Waals surface area contributed by atoms with Gasteiger partial charge in [0, 0.05) is 67.7 Å². The third-order valence-electron chi connectivity index (χ3n) is 7.06. The Morgan fingerprint density at radius 3 is 3.07 bits per heavy atom. The van der Waals surface area contributed by atoms with Gasteiger partial charge in [-0.05, 0) is 37.1 Å². The van der Waals surface area contributed by atoms with Crippen molar-refractivity contribution >= 4 is 17.0 Å². The van der Waals surface area contributed by atoms with E-state index >= 15 is 0 Å². The van der Waals surface area contributed by atoms with E-state index in [1.54, 1.807) is 0 Å². The minimum Gasteiger partial charge on any atom is -0.449 e. The summed E-state index contributed by atoms with van der Waals surface area (Å²) < 4.78 is 11.0. The molecule has 3 aliphatic rings. The first-order valence-electron chi connectivity index (χ1n) is 11.2. The number of likely N-dealkylation sites (tertiary alicyclic amines) is 1. The highest BCUT2D eigenvalue weighted by Crippen LogP contribution is 2.44. The van der Waals surface area contributed by atoms with Crippen LogP contribution in [0.3, 0.4) is 0 Å². The Kier molecular flexibility index (Phi) is 5.67. The maximum absolute atomic E-state index is 12.2. The molecule has 0 spiro atoms. The third kappa shape index (κ3) is 3.94. The molecule has 1 aromatic heterocycles. The number of amides is 1. The summed E-state index contributed by atoms with van der Waals surface area (Å²) in [6, 6.07) is 7.13. The van der Waals surface area contributed by atoms with Gasteiger partial charge in [0.25, 0.3) is 0 Å². The van der Waals surface area contributed by atoms with Gasteiger partial charge in [0.15, 0.2) is 0 Å². The second kappa shape index (κ2) is 8.57. The van der Waals surface area contributed by atoms with Gasteiger partial charge in [-0.25, -0.2) is 4.79 Å². The van der Waals surface area contributed by atoms with Crippen LogP contribution in [0.5, 0.6) is 0 Å². The molecule has 1 aliphatic carbocycles. The van der Waals surface area contributed by atoms with Gasteiger partial charge in [-0.3, -0.25) is 4.90 Å². The van der Waals surface area contributed by atoms with E-state index in [0.717, 1.165) is 52.2 Å². The largest absolute Gasteiger partial charge is 0.449 e. The molecule has 7 nitrogen and oxygen atoms in total. The van der Waals surface area contributed by atoms with Crippen molar-refractivity contribution in [3.63, 3.8) is 0 Å². The summed E-state index contributed by atoms with van der Waals surface area (Å²) in [5, 5.41) is 4.31. The Labute approximate surface area is 177 Å². The number of hydrogen-bond acceptors (Lipinski definition) is 5. The first kappa shape index (κ1) is 19.8. The van der Waals surface area contributed by atoms with Gasteiger partial charge < -0.3 is 24.7 Å². The molecule has 3 atom stereocenters. The summed E-state index contributed by atoms with van der Waals surface area (Å²) in [6.45, 7) is 6.33. The van der Waals surface area contributed by atoms with Gasteiger partial charge in [0.2, 0.25) is 0 Å². The molecular formula is C23H32N4O3. The molecule has 0 bridgehead atoms. The Balaban J connectivity index is 1.15. The summed E-state index contributed by atoms with van der Waals surface area (Å²) in [5.74, 6) is 0.853. The van der Waals surface area contributed by atoms with Gasteiger partial charge in [0.1, 0.15) is 0 Å². The van der Waals surface area contributed by atoms with E-state index < -0.39 is 0 Å². The maximum atomic E-state index is 12.2. The third-order valence-corrected chi connectivity index (χ3v) is 7.06. The number of ether oxygens (including phenoxy) is 2. The summed E-state index contributed by atoms with van der Waals surface area (Å²) in [7, 11) is 2.21. The molecule has 2 saturated heterocycles. The number of aromatic nitrogens is 1. The molecule has 1 amide bonds. The van der Waals surface area contributed by atoms with E-state index in [1.165, 1.54) is 22.0 Å². The van der Waals surface area contributed by atoms with Crippen LogP contribution in [0.15, 0.2) is 24.4 Å². The Morgan fingerprint density at radius 1 is 1.33 bits per heavy atom. The SMILES string of the molecule is CN1C[C@H](COC(=O)NCCN2CCOCC2)C[C@@H]2c3cccc4[nH]cc(c34)C[C@H]21. The quantitative estimate of drug-likeness (QED) is 0.788. The highest BCUT2D eigenvalue weighted by molar-refractivity contribution is 5.88. The highest BCUT2D eigenvalue weighted by atomic mass is 16.5. The van der Waals surface area contributed by atoms with E-state index in [9.17, 15) is 4.79 Å². The summed E-state index contributed by atoms with van der Waals surface area (Å²) in [6.07, 6.45) is 4.04. The molecule has 2 aliphatic heterocycles. The first-order chi connectivity index (χ1) is 14.7. The van der Waals surface area contributed by atoms with Crippen molar-refractivity contribution in [2.75, 3.05) is 59.6 Å². The number of H-pyrrole nitrogens is 1. The minimum absolute atomic E-state index is 0.299. The molecule has 7 heteroatoms. The van der Waals surface area contributed by atoms with Crippen LogP contribution in [0.1, 0.15) is 23.5 Å². The number of alkyl carbamates (subject to hydrolysis) is 1.